The molecular weight excluding hydrogens is 436 g/mol. The first-order chi connectivity index (χ1) is 15.3. The van der Waals surface area contributed by atoms with Crippen molar-refractivity contribution in [3.8, 4) is 5.75 Å². The largest absolute Gasteiger partial charge is 0.495 e. The van der Waals surface area contributed by atoms with E-state index >= 15 is 0 Å². The van der Waals surface area contributed by atoms with Crippen molar-refractivity contribution in [2.75, 3.05) is 40.0 Å². The monoisotopic (exact) mass is 468 g/mol. The topological polar surface area (TPSA) is 111 Å². The number of carbonyl (C=O) groups excluding carboxylic acids is 2. The lowest BCUT2D eigenvalue weighted by atomic mass is 9.89. The SMILES string of the molecule is COc1ccc(C(=O)O[C@@H](C)C(=O)NCC2CCCCC2)cc1S(=O)(=O)N1CCOCC1. The van der Waals surface area contributed by atoms with Gasteiger partial charge in [0.15, 0.2) is 6.10 Å². The number of benzene rings is 1. The second kappa shape index (κ2) is 11.1. The molecule has 2 aliphatic rings. The van der Waals surface area contributed by atoms with E-state index in [0.717, 1.165) is 12.8 Å². The normalized spacial score (nSPS) is 19.2. The average molecular weight is 469 g/mol. The van der Waals surface area contributed by atoms with Crippen LogP contribution in [0.15, 0.2) is 23.1 Å². The number of esters is 1. The summed E-state index contributed by atoms with van der Waals surface area (Å²) in [6.45, 7) is 3.12. The number of ether oxygens (including phenoxy) is 3. The molecule has 32 heavy (non-hydrogen) atoms. The number of amides is 1. The van der Waals surface area contributed by atoms with E-state index in [9.17, 15) is 18.0 Å². The maximum atomic E-state index is 13.1. The van der Waals surface area contributed by atoms with E-state index in [1.165, 1.54) is 55.8 Å². The summed E-state index contributed by atoms with van der Waals surface area (Å²) < 4.78 is 43.2. The molecule has 0 spiro atoms. The van der Waals surface area contributed by atoms with Gasteiger partial charge in [0, 0.05) is 19.6 Å². The molecule has 1 aliphatic carbocycles. The second-order valence-electron chi connectivity index (χ2n) is 8.18. The zero-order valence-electron chi connectivity index (χ0n) is 18.7. The van der Waals surface area contributed by atoms with E-state index in [1.54, 1.807) is 0 Å². The third kappa shape index (κ3) is 5.99. The highest BCUT2D eigenvalue weighted by Crippen LogP contribution is 2.29. The Morgan fingerprint density at radius 2 is 1.88 bits per heavy atom. The number of hydrogen-bond acceptors (Lipinski definition) is 7. The molecule has 1 saturated carbocycles. The molecule has 1 heterocycles. The summed E-state index contributed by atoms with van der Waals surface area (Å²) in [6, 6.07) is 4.07. The molecule has 3 rings (SSSR count). The summed E-state index contributed by atoms with van der Waals surface area (Å²) in [7, 11) is -2.52. The molecule has 9 nitrogen and oxygen atoms in total. The molecule has 0 radical (unpaired) electrons. The Kier molecular flexibility index (Phi) is 8.50. The van der Waals surface area contributed by atoms with E-state index in [0.29, 0.717) is 25.7 Å². The lowest BCUT2D eigenvalue weighted by Gasteiger charge is -2.26. The Morgan fingerprint density at radius 3 is 2.53 bits per heavy atom. The summed E-state index contributed by atoms with van der Waals surface area (Å²) in [4.78, 5) is 24.9. The van der Waals surface area contributed by atoms with Gasteiger partial charge in [-0.3, -0.25) is 4.79 Å². The Bertz CT molecular complexity index is 907. The maximum absolute atomic E-state index is 13.1. The van der Waals surface area contributed by atoms with Crippen LogP contribution in [0.5, 0.6) is 5.75 Å². The van der Waals surface area contributed by atoms with Gasteiger partial charge in [-0.25, -0.2) is 13.2 Å². The first-order valence-electron chi connectivity index (χ1n) is 11.1. The third-order valence-electron chi connectivity index (χ3n) is 5.93. The first kappa shape index (κ1) is 24.5. The molecule has 1 N–H and O–H groups in total. The highest BCUT2D eigenvalue weighted by Gasteiger charge is 2.30. The van der Waals surface area contributed by atoms with Crippen molar-refractivity contribution >= 4 is 21.9 Å². The van der Waals surface area contributed by atoms with Gasteiger partial charge in [0.2, 0.25) is 10.0 Å². The van der Waals surface area contributed by atoms with Gasteiger partial charge in [0.05, 0.1) is 25.9 Å². The van der Waals surface area contributed by atoms with Crippen LogP contribution in [0.4, 0.5) is 0 Å². The smallest absolute Gasteiger partial charge is 0.338 e. The Labute approximate surface area is 189 Å². The quantitative estimate of drug-likeness (QED) is 0.581. The van der Waals surface area contributed by atoms with Crippen molar-refractivity contribution in [1.29, 1.82) is 0 Å². The standard InChI is InChI=1S/C22H32N2O7S/c1-16(21(25)23-15-17-6-4-3-5-7-17)31-22(26)18-8-9-19(29-2)20(14-18)32(27,28)24-10-12-30-13-11-24/h8-9,14,16-17H,3-7,10-13,15H2,1-2H3,(H,23,25)/t16-/m0/s1. The first-order valence-corrected chi connectivity index (χ1v) is 12.5. The van der Waals surface area contributed by atoms with Gasteiger partial charge >= 0.3 is 5.97 Å². The number of nitrogens with one attached hydrogen (secondary N) is 1. The van der Waals surface area contributed by atoms with Crippen LogP contribution in [-0.4, -0.2) is 70.7 Å². The van der Waals surface area contributed by atoms with E-state index in [1.807, 2.05) is 0 Å². The zero-order valence-corrected chi connectivity index (χ0v) is 19.5. The van der Waals surface area contributed by atoms with Crippen molar-refractivity contribution < 1.29 is 32.2 Å². The van der Waals surface area contributed by atoms with Gasteiger partial charge in [0.1, 0.15) is 10.6 Å². The van der Waals surface area contributed by atoms with Gasteiger partial charge < -0.3 is 19.5 Å². The minimum Gasteiger partial charge on any atom is -0.495 e. The highest BCUT2D eigenvalue weighted by molar-refractivity contribution is 7.89. The van der Waals surface area contributed by atoms with Gasteiger partial charge in [-0.2, -0.15) is 4.31 Å². The van der Waals surface area contributed by atoms with Gasteiger partial charge in [0.25, 0.3) is 5.91 Å². The van der Waals surface area contributed by atoms with Crippen molar-refractivity contribution in [2.45, 2.75) is 50.0 Å². The molecule has 1 aromatic carbocycles. The van der Waals surface area contributed by atoms with E-state index in [-0.39, 0.29) is 35.2 Å². The Balaban J connectivity index is 1.66. The molecular formula is C22H32N2O7S. The summed E-state index contributed by atoms with van der Waals surface area (Å²) in [5.74, 6) is -0.540. The lowest BCUT2D eigenvalue weighted by molar-refractivity contribution is -0.129. The van der Waals surface area contributed by atoms with Crippen molar-refractivity contribution in [3.05, 3.63) is 23.8 Å². The number of nitrogens with zero attached hydrogens (tertiary/aromatic N) is 1. The average Bonchev–Trinajstić information content (AvgIpc) is 2.83. The number of sulfonamides is 1. The third-order valence-corrected chi connectivity index (χ3v) is 7.85. The summed E-state index contributed by atoms with van der Waals surface area (Å²) in [5.41, 5.74) is 0.0320. The van der Waals surface area contributed by atoms with Gasteiger partial charge in [-0.1, -0.05) is 19.3 Å². The van der Waals surface area contributed by atoms with Crippen LogP contribution in [0.25, 0.3) is 0 Å². The Hall–Kier alpha value is -2.17. The predicted molar refractivity (Wildman–Crippen MR) is 117 cm³/mol. The van der Waals surface area contributed by atoms with Crippen LogP contribution in [0.1, 0.15) is 49.4 Å². The number of carbonyl (C=O) groups is 2. The molecule has 2 fully saturated rings. The summed E-state index contributed by atoms with van der Waals surface area (Å²) in [6.07, 6.45) is 4.80. The van der Waals surface area contributed by atoms with E-state index in [2.05, 4.69) is 5.32 Å². The molecule has 1 saturated heterocycles. The minimum absolute atomic E-state index is 0.0320. The second-order valence-corrected chi connectivity index (χ2v) is 10.1. The number of methoxy groups -OCH3 is 1. The Morgan fingerprint density at radius 1 is 1.19 bits per heavy atom. The van der Waals surface area contributed by atoms with Gasteiger partial charge in [-0.05, 0) is 43.9 Å². The molecule has 10 heteroatoms. The minimum atomic E-state index is -3.89. The molecule has 178 valence electrons. The van der Waals surface area contributed by atoms with Crippen LogP contribution in [-0.2, 0) is 24.3 Å². The fraction of sp³-hybridized carbons (Fsp3) is 0.636. The molecule has 1 atom stereocenters. The zero-order chi connectivity index (χ0) is 23.1. The maximum Gasteiger partial charge on any atom is 0.338 e. The van der Waals surface area contributed by atoms with E-state index < -0.39 is 22.1 Å². The van der Waals surface area contributed by atoms with Crippen molar-refractivity contribution in [2.24, 2.45) is 5.92 Å². The van der Waals surface area contributed by atoms with Crippen LogP contribution >= 0.6 is 0 Å². The molecule has 1 aliphatic heterocycles. The summed E-state index contributed by atoms with van der Waals surface area (Å²) >= 11 is 0. The highest BCUT2D eigenvalue weighted by atomic mass is 32.2. The molecule has 0 aromatic heterocycles. The molecule has 0 unspecified atom stereocenters. The fourth-order valence-corrected chi connectivity index (χ4v) is 5.58. The van der Waals surface area contributed by atoms with Crippen molar-refractivity contribution in [1.82, 2.24) is 9.62 Å². The number of morpholine rings is 1. The molecule has 0 bridgehead atoms. The van der Waals surface area contributed by atoms with Crippen LogP contribution in [0.3, 0.4) is 0 Å². The fourth-order valence-electron chi connectivity index (χ4n) is 3.99. The predicted octanol–water partition coefficient (Wildman–Crippen LogP) is 1.96. The van der Waals surface area contributed by atoms with Crippen LogP contribution in [0, 0.1) is 5.92 Å². The van der Waals surface area contributed by atoms with E-state index in [4.69, 9.17) is 14.2 Å². The summed E-state index contributed by atoms with van der Waals surface area (Å²) in [5, 5.41) is 2.86. The van der Waals surface area contributed by atoms with Crippen LogP contribution in [0.2, 0.25) is 0 Å². The van der Waals surface area contributed by atoms with Gasteiger partial charge in [-0.15, -0.1) is 0 Å². The number of rotatable bonds is 8. The lowest BCUT2D eigenvalue weighted by Crippen LogP contribution is -2.40. The van der Waals surface area contributed by atoms with Crippen molar-refractivity contribution in [3.63, 3.8) is 0 Å². The molecule has 1 amide bonds. The number of hydrogen-bond donors (Lipinski definition) is 1. The van der Waals surface area contributed by atoms with Crippen LogP contribution < -0.4 is 10.1 Å². The molecule has 1 aromatic rings.